The lowest BCUT2D eigenvalue weighted by molar-refractivity contribution is 0.669. The van der Waals surface area contributed by atoms with Crippen molar-refractivity contribution in [2.75, 3.05) is 4.90 Å². The molecular formula is C54H33NO2. The van der Waals surface area contributed by atoms with Crippen LogP contribution in [0, 0.1) is 0 Å². The van der Waals surface area contributed by atoms with E-state index < -0.39 is 0 Å². The smallest absolute Gasteiger partial charge is 0.143 e. The van der Waals surface area contributed by atoms with E-state index in [1.54, 1.807) is 0 Å². The van der Waals surface area contributed by atoms with Gasteiger partial charge in [-0.05, 0) is 116 Å². The van der Waals surface area contributed by atoms with Gasteiger partial charge in [0, 0.05) is 32.9 Å². The summed E-state index contributed by atoms with van der Waals surface area (Å²) >= 11 is 0. The monoisotopic (exact) mass is 727 g/mol. The molecule has 3 heteroatoms. The summed E-state index contributed by atoms with van der Waals surface area (Å²) in [6, 6.07) is 71.7. The van der Waals surface area contributed by atoms with Gasteiger partial charge in [0.1, 0.15) is 22.3 Å². The summed E-state index contributed by atoms with van der Waals surface area (Å²) in [6.45, 7) is 0. The summed E-state index contributed by atoms with van der Waals surface area (Å²) in [4.78, 5) is 2.39. The molecule has 2 heterocycles. The highest BCUT2D eigenvalue weighted by molar-refractivity contribution is 6.23. The van der Waals surface area contributed by atoms with Crippen molar-refractivity contribution in [3.63, 3.8) is 0 Å². The lowest BCUT2D eigenvalue weighted by Crippen LogP contribution is -2.10. The van der Waals surface area contributed by atoms with Crippen molar-refractivity contribution >= 4 is 93.3 Å². The first-order valence-electron chi connectivity index (χ1n) is 19.4. The number of rotatable bonds is 5. The Labute approximate surface area is 328 Å². The van der Waals surface area contributed by atoms with Crippen molar-refractivity contribution in [2.24, 2.45) is 0 Å². The van der Waals surface area contributed by atoms with Gasteiger partial charge in [-0.3, -0.25) is 0 Å². The second kappa shape index (κ2) is 12.5. The van der Waals surface area contributed by atoms with E-state index in [1.807, 2.05) is 12.1 Å². The SMILES string of the molecule is c1cc(-c2ccc3c(c2)oc2ccccc23)cc(-c2cc3c(oc4cccc(N(c5ccc6ccccc6c5)c5ccc6ccccc6c5)c43)c3ccccc23)c1. The second-order valence-electron chi connectivity index (χ2n) is 14.9. The number of hydrogen-bond donors (Lipinski definition) is 0. The highest BCUT2D eigenvalue weighted by Crippen LogP contribution is 2.47. The number of para-hydroxylation sites is 1. The minimum Gasteiger partial charge on any atom is -0.456 e. The molecule has 266 valence electrons. The van der Waals surface area contributed by atoms with Gasteiger partial charge in [0.15, 0.2) is 0 Å². The summed E-state index contributed by atoms with van der Waals surface area (Å²) in [5, 5.41) is 11.5. The molecule has 57 heavy (non-hydrogen) atoms. The van der Waals surface area contributed by atoms with Crippen molar-refractivity contribution in [2.45, 2.75) is 0 Å². The molecule has 3 nitrogen and oxygen atoms in total. The summed E-state index contributed by atoms with van der Waals surface area (Å²) in [5.74, 6) is 0. The van der Waals surface area contributed by atoms with Gasteiger partial charge in [-0.2, -0.15) is 0 Å². The minimum absolute atomic E-state index is 0.851. The number of anilines is 3. The Hall–Kier alpha value is -7.62. The maximum atomic E-state index is 6.88. The largest absolute Gasteiger partial charge is 0.456 e. The van der Waals surface area contributed by atoms with Crippen LogP contribution in [0.4, 0.5) is 17.1 Å². The molecule has 2 aromatic heterocycles. The summed E-state index contributed by atoms with van der Waals surface area (Å²) < 4.78 is 13.2. The van der Waals surface area contributed by atoms with E-state index >= 15 is 0 Å². The Kier molecular flexibility index (Phi) is 6.93. The van der Waals surface area contributed by atoms with E-state index in [-0.39, 0.29) is 0 Å². The van der Waals surface area contributed by atoms with Gasteiger partial charge < -0.3 is 13.7 Å². The molecule has 0 aliphatic carbocycles. The average molecular weight is 728 g/mol. The quantitative estimate of drug-likeness (QED) is 0.177. The van der Waals surface area contributed by atoms with Crippen molar-refractivity contribution in [3.8, 4) is 22.3 Å². The zero-order chi connectivity index (χ0) is 37.5. The Balaban J connectivity index is 1.08. The first-order chi connectivity index (χ1) is 28.2. The summed E-state index contributed by atoms with van der Waals surface area (Å²) in [7, 11) is 0. The highest BCUT2D eigenvalue weighted by Gasteiger charge is 2.22. The van der Waals surface area contributed by atoms with Crippen LogP contribution in [0.1, 0.15) is 0 Å². The lowest BCUT2D eigenvalue weighted by atomic mass is 9.93. The van der Waals surface area contributed by atoms with Crippen LogP contribution in [-0.2, 0) is 0 Å². The maximum absolute atomic E-state index is 6.88. The third-order valence-corrected chi connectivity index (χ3v) is 11.6. The molecule has 0 unspecified atom stereocenters. The van der Waals surface area contributed by atoms with Crippen LogP contribution in [0.5, 0.6) is 0 Å². The Morgan fingerprint density at radius 3 is 1.68 bits per heavy atom. The van der Waals surface area contributed by atoms with Gasteiger partial charge >= 0.3 is 0 Å². The second-order valence-corrected chi connectivity index (χ2v) is 14.9. The van der Waals surface area contributed by atoms with Gasteiger partial charge in [0.05, 0.1) is 11.1 Å². The molecule has 0 radical (unpaired) electrons. The van der Waals surface area contributed by atoms with Crippen LogP contribution >= 0.6 is 0 Å². The van der Waals surface area contributed by atoms with Crippen LogP contribution in [0.15, 0.2) is 209 Å². The normalized spacial score (nSPS) is 11.9. The predicted octanol–water partition coefficient (Wildman–Crippen LogP) is 15.7. The van der Waals surface area contributed by atoms with E-state index in [0.29, 0.717) is 0 Å². The van der Waals surface area contributed by atoms with Crippen molar-refractivity contribution in [1.29, 1.82) is 0 Å². The molecule has 0 spiro atoms. The molecule has 0 saturated heterocycles. The minimum atomic E-state index is 0.851. The van der Waals surface area contributed by atoms with Crippen molar-refractivity contribution in [3.05, 3.63) is 200 Å². The number of furan rings is 2. The molecule has 10 aromatic carbocycles. The standard InChI is InChI=1S/C54H33NO2/c1-3-13-37-30-41(26-23-34(37)11-1)55(42-27-24-35-12-2-4-14-38(35)31-42)49-20-10-22-51-53(49)48-33-47(43-17-5-6-19-46(43)54(48)57-51)40-16-9-15-36(29-40)39-25-28-45-44-18-7-8-21-50(44)56-52(45)32-39/h1-33H. The number of hydrogen-bond acceptors (Lipinski definition) is 3. The third kappa shape index (κ3) is 5.06. The fraction of sp³-hybridized carbons (Fsp3) is 0. The van der Waals surface area contributed by atoms with Gasteiger partial charge in [-0.15, -0.1) is 0 Å². The van der Waals surface area contributed by atoms with Gasteiger partial charge in [-0.1, -0.05) is 133 Å². The highest BCUT2D eigenvalue weighted by atomic mass is 16.3. The molecule has 0 aliphatic rings. The number of nitrogens with zero attached hydrogens (tertiary/aromatic N) is 1. The van der Waals surface area contributed by atoms with Gasteiger partial charge in [-0.25, -0.2) is 0 Å². The number of fused-ring (bicyclic) bond motifs is 10. The van der Waals surface area contributed by atoms with Gasteiger partial charge in [0.25, 0.3) is 0 Å². The fourth-order valence-corrected chi connectivity index (χ4v) is 8.89. The average Bonchev–Trinajstić information content (AvgIpc) is 3.85. The van der Waals surface area contributed by atoms with Gasteiger partial charge in [0.2, 0.25) is 0 Å². The molecular weight excluding hydrogens is 695 g/mol. The van der Waals surface area contributed by atoms with E-state index in [2.05, 4.69) is 193 Å². The molecule has 12 rings (SSSR count). The molecule has 0 saturated carbocycles. The molecule has 0 fully saturated rings. The Bertz CT molecular complexity index is 3470. The Morgan fingerprint density at radius 2 is 0.912 bits per heavy atom. The maximum Gasteiger partial charge on any atom is 0.143 e. The van der Waals surface area contributed by atoms with Crippen LogP contribution in [-0.4, -0.2) is 0 Å². The van der Waals surface area contributed by atoms with E-state index in [4.69, 9.17) is 8.83 Å². The van der Waals surface area contributed by atoms with Crippen LogP contribution in [0.2, 0.25) is 0 Å². The van der Waals surface area contributed by atoms with E-state index in [1.165, 1.54) is 21.5 Å². The summed E-state index contributed by atoms with van der Waals surface area (Å²) in [5.41, 5.74) is 11.3. The molecule has 0 amide bonds. The first-order valence-corrected chi connectivity index (χ1v) is 19.4. The zero-order valence-electron chi connectivity index (χ0n) is 30.8. The van der Waals surface area contributed by atoms with Crippen molar-refractivity contribution < 1.29 is 8.83 Å². The van der Waals surface area contributed by atoms with E-state index in [9.17, 15) is 0 Å². The van der Waals surface area contributed by atoms with Crippen LogP contribution in [0.3, 0.4) is 0 Å². The third-order valence-electron chi connectivity index (χ3n) is 11.6. The topological polar surface area (TPSA) is 29.5 Å². The molecule has 0 bridgehead atoms. The fourth-order valence-electron chi connectivity index (χ4n) is 8.89. The predicted molar refractivity (Wildman–Crippen MR) is 239 cm³/mol. The molecule has 0 atom stereocenters. The zero-order valence-corrected chi connectivity index (χ0v) is 30.8. The molecule has 0 aliphatic heterocycles. The van der Waals surface area contributed by atoms with Crippen molar-refractivity contribution in [1.82, 2.24) is 0 Å². The molecule has 12 aromatic rings. The Morgan fingerprint density at radius 1 is 0.316 bits per heavy atom. The van der Waals surface area contributed by atoms with Crippen LogP contribution < -0.4 is 4.90 Å². The number of benzene rings is 10. The molecule has 0 N–H and O–H groups in total. The lowest BCUT2D eigenvalue weighted by Gasteiger charge is -2.27. The van der Waals surface area contributed by atoms with Crippen LogP contribution in [0.25, 0.3) is 98.4 Å². The first kappa shape index (κ1) is 31.7. The summed E-state index contributed by atoms with van der Waals surface area (Å²) in [6.07, 6.45) is 0. The van der Waals surface area contributed by atoms with E-state index in [0.717, 1.165) is 94.0 Å².